The van der Waals surface area contributed by atoms with Crippen molar-refractivity contribution in [3.05, 3.63) is 70.3 Å². The Balaban J connectivity index is 0.00000320. The molecular formula is C24H29ClN2O3. The molecule has 0 bridgehead atoms. The van der Waals surface area contributed by atoms with E-state index in [2.05, 4.69) is 24.1 Å². The lowest BCUT2D eigenvalue weighted by Gasteiger charge is -2.20. The van der Waals surface area contributed by atoms with Crippen LogP contribution in [-0.4, -0.2) is 48.0 Å². The quantitative estimate of drug-likeness (QED) is 0.586. The normalized spacial score (nSPS) is 13.3. The monoisotopic (exact) mass is 428 g/mol. The predicted molar refractivity (Wildman–Crippen MR) is 121 cm³/mol. The highest BCUT2D eigenvalue weighted by Crippen LogP contribution is 2.27. The van der Waals surface area contributed by atoms with Crippen molar-refractivity contribution in [1.82, 2.24) is 10.2 Å². The Morgan fingerprint density at radius 1 is 0.933 bits per heavy atom. The Morgan fingerprint density at radius 3 is 2.10 bits per heavy atom. The average molecular weight is 429 g/mol. The maximum Gasteiger partial charge on any atom is 0.251 e. The van der Waals surface area contributed by atoms with Crippen LogP contribution in [0.2, 0.25) is 0 Å². The van der Waals surface area contributed by atoms with E-state index in [-0.39, 0.29) is 35.9 Å². The van der Waals surface area contributed by atoms with E-state index in [1.165, 1.54) is 0 Å². The van der Waals surface area contributed by atoms with Gasteiger partial charge in [0.2, 0.25) is 0 Å². The number of ketones is 2. The Bertz CT molecular complexity index is 938. The van der Waals surface area contributed by atoms with Crippen LogP contribution in [0.15, 0.2) is 42.5 Å². The van der Waals surface area contributed by atoms with Crippen LogP contribution >= 0.6 is 12.4 Å². The van der Waals surface area contributed by atoms with E-state index in [0.717, 1.165) is 32.5 Å². The molecule has 1 N–H and O–H groups in total. The molecule has 0 aromatic heterocycles. The van der Waals surface area contributed by atoms with Gasteiger partial charge in [0.25, 0.3) is 5.91 Å². The summed E-state index contributed by atoms with van der Waals surface area (Å²) in [6.07, 6.45) is 1.90. The molecule has 1 aliphatic carbocycles. The molecule has 0 heterocycles. The van der Waals surface area contributed by atoms with Crippen molar-refractivity contribution in [2.45, 2.75) is 39.7 Å². The van der Waals surface area contributed by atoms with Crippen molar-refractivity contribution < 1.29 is 14.4 Å². The zero-order valence-electron chi connectivity index (χ0n) is 17.7. The first-order chi connectivity index (χ1) is 14.0. The molecule has 30 heavy (non-hydrogen) atoms. The van der Waals surface area contributed by atoms with Crippen molar-refractivity contribution >= 4 is 29.9 Å². The third-order valence-corrected chi connectivity index (χ3v) is 5.57. The molecule has 1 aliphatic rings. The molecule has 2 aromatic carbocycles. The first-order valence-corrected chi connectivity index (χ1v) is 10.3. The lowest BCUT2D eigenvalue weighted by molar-refractivity contribution is 0.0935. The smallest absolute Gasteiger partial charge is 0.251 e. The minimum Gasteiger partial charge on any atom is -0.350 e. The largest absolute Gasteiger partial charge is 0.350 e. The lowest BCUT2D eigenvalue weighted by Crippen LogP contribution is -2.34. The van der Waals surface area contributed by atoms with Crippen LogP contribution in [0.3, 0.4) is 0 Å². The Labute approximate surface area is 184 Å². The highest BCUT2D eigenvalue weighted by Gasteiger charge is 2.30. The second-order valence-electron chi connectivity index (χ2n) is 7.51. The molecule has 0 saturated heterocycles. The number of halogens is 1. The average Bonchev–Trinajstić information content (AvgIpc) is 2.74. The summed E-state index contributed by atoms with van der Waals surface area (Å²) in [6.45, 7) is 9.36. The summed E-state index contributed by atoms with van der Waals surface area (Å²) in [5.74, 6) is -0.605. The number of fused-ring (bicyclic) bond motifs is 2. The van der Waals surface area contributed by atoms with Gasteiger partial charge in [-0.15, -0.1) is 12.4 Å². The van der Waals surface area contributed by atoms with Crippen molar-refractivity contribution in [2.24, 2.45) is 0 Å². The molecule has 0 radical (unpaired) electrons. The number of hydrogen-bond donors (Lipinski definition) is 1. The second kappa shape index (κ2) is 10.5. The maximum absolute atomic E-state index is 12.8. The van der Waals surface area contributed by atoms with Gasteiger partial charge in [0.15, 0.2) is 11.6 Å². The minimum absolute atomic E-state index is 0. The number of amides is 1. The number of nitrogens with zero attached hydrogens (tertiary/aromatic N) is 1. The Morgan fingerprint density at radius 2 is 1.50 bits per heavy atom. The van der Waals surface area contributed by atoms with E-state index in [0.29, 0.717) is 27.8 Å². The Hall–Kier alpha value is -2.50. The Kier molecular flexibility index (Phi) is 8.33. The summed E-state index contributed by atoms with van der Waals surface area (Å²) in [5, 5.41) is 3.00. The molecule has 160 valence electrons. The molecule has 6 heteroatoms. The molecular weight excluding hydrogens is 400 g/mol. The molecule has 0 saturated carbocycles. The van der Waals surface area contributed by atoms with Gasteiger partial charge in [-0.2, -0.15) is 0 Å². The van der Waals surface area contributed by atoms with Crippen LogP contribution in [-0.2, 0) is 0 Å². The number of nitrogens with one attached hydrogen (secondary N) is 1. The molecule has 0 fully saturated rings. The topological polar surface area (TPSA) is 66.5 Å². The number of carbonyl (C=O) groups excluding carboxylic acids is 3. The van der Waals surface area contributed by atoms with Gasteiger partial charge in [-0.1, -0.05) is 38.1 Å². The third-order valence-electron chi connectivity index (χ3n) is 5.57. The summed E-state index contributed by atoms with van der Waals surface area (Å²) in [5.41, 5.74) is 1.88. The highest BCUT2D eigenvalue weighted by atomic mass is 35.5. The molecule has 0 spiro atoms. The summed E-state index contributed by atoms with van der Waals surface area (Å²) in [6, 6.07) is 11.6. The predicted octanol–water partition coefficient (Wildman–Crippen LogP) is 4.12. The van der Waals surface area contributed by atoms with Gasteiger partial charge in [-0.25, -0.2) is 0 Å². The maximum atomic E-state index is 12.8. The van der Waals surface area contributed by atoms with Crippen LogP contribution in [0, 0.1) is 0 Å². The van der Waals surface area contributed by atoms with Gasteiger partial charge < -0.3 is 10.2 Å². The fraction of sp³-hybridized carbons (Fsp3) is 0.375. The zero-order chi connectivity index (χ0) is 21.0. The van der Waals surface area contributed by atoms with Crippen molar-refractivity contribution in [2.75, 3.05) is 19.6 Å². The van der Waals surface area contributed by atoms with Crippen molar-refractivity contribution in [1.29, 1.82) is 0 Å². The van der Waals surface area contributed by atoms with Gasteiger partial charge in [0, 0.05) is 33.9 Å². The van der Waals surface area contributed by atoms with Gasteiger partial charge in [-0.05, 0) is 57.6 Å². The number of carbonyl (C=O) groups is 3. The van der Waals surface area contributed by atoms with E-state index < -0.39 is 0 Å². The number of hydrogen-bond acceptors (Lipinski definition) is 4. The molecule has 1 unspecified atom stereocenters. The fourth-order valence-electron chi connectivity index (χ4n) is 3.78. The number of benzene rings is 2. The van der Waals surface area contributed by atoms with Gasteiger partial charge >= 0.3 is 0 Å². The van der Waals surface area contributed by atoms with Gasteiger partial charge in [0.1, 0.15) is 0 Å². The van der Waals surface area contributed by atoms with Crippen LogP contribution in [0.5, 0.6) is 0 Å². The second-order valence-corrected chi connectivity index (χ2v) is 7.51. The van der Waals surface area contributed by atoms with E-state index in [1.54, 1.807) is 42.5 Å². The van der Waals surface area contributed by atoms with Crippen molar-refractivity contribution in [3.8, 4) is 0 Å². The van der Waals surface area contributed by atoms with E-state index in [1.807, 2.05) is 6.92 Å². The molecule has 2 aromatic rings. The number of rotatable bonds is 8. The molecule has 1 atom stereocenters. The molecule has 3 rings (SSSR count). The van der Waals surface area contributed by atoms with Crippen LogP contribution in [0.4, 0.5) is 0 Å². The summed E-state index contributed by atoms with van der Waals surface area (Å²) in [4.78, 5) is 40.5. The standard InChI is InChI=1S/C24H28N2O3.ClH/c1-4-26(5-2)14-8-9-16(3)25-24(29)17-12-13-20-21(15-17)23(28)19-11-7-6-10-18(19)22(20)27;/h6-7,10-13,15-16H,4-5,8-9,14H2,1-3H3,(H,25,29);1H. The first kappa shape index (κ1) is 23.8. The van der Waals surface area contributed by atoms with Crippen LogP contribution < -0.4 is 5.32 Å². The molecule has 1 amide bonds. The molecule has 0 aliphatic heterocycles. The lowest BCUT2D eigenvalue weighted by atomic mass is 9.83. The fourth-order valence-corrected chi connectivity index (χ4v) is 3.78. The summed E-state index contributed by atoms with van der Waals surface area (Å²) < 4.78 is 0. The first-order valence-electron chi connectivity index (χ1n) is 10.3. The van der Waals surface area contributed by atoms with Gasteiger partial charge in [-0.3, -0.25) is 14.4 Å². The third kappa shape index (κ3) is 4.97. The van der Waals surface area contributed by atoms with Crippen molar-refractivity contribution in [3.63, 3.8) is 0 Å². The molecule has 5 nitrogen and oxygen atoms in total. The van der Waals surface area contributed by atoms with Crippen LogP contribution in [0.1, 0.15) is 75.8 Å². The zero-order valence-corrected chi connectivity index (χ0v) is 18.6. The summed E-state index contributed by atoms with van der Waals surface area (Å²) >= 11 is 0. The van der Waals surface area contributed by atoms with Gasteiger partial charge in [0.05, 0.1) is 0 Å². The van der Waals surface area contributed by atoms with E-state index >= 15 is 0 Å². The van der Waals surface area contributed by atoms with E-state index in [4.69, 9.17) is 0 Å². The van der Waals surface area contributed by atoms with E-state index in [9.17, 15) is 14.4 Å². The SMILES string of the molecule is CCN(CC)CCCC(C)NC(=O)c1ccc2c(c1)C(=O)c1ccccc1C2=O.Cl. The summed E-state index contributed by atoms with van der Waals surface area (Å²) in [7, 11) is 0. The van der Waals surface area contributed by atoms with Crippen LogP contribution in [0.25, 0.3) is 0 Å². The minimum atomic E-state index is -0.220. The highest BCUT2D eigenvalue weighted by molar-refractivity contribution is 6.28.